The summed E-state index contributed by atoms with van der Waals surface area (Å²) in [5, 5.41) is 0. The highest BCUT2D eigenvalue weighted by molar-refractivity contribution is 5.97. The molecule has 0 aliphatic rings. The molecule has 2 heteroatoms. The number of rotatable bonds is 1. The van der Waals surface area contributed by atoms with Gasteiger partial charge in [-0.15, -0.1) is 0 Å². The Kier molecular flexibility index (Phi) is 3.41. The molecule has 0 bridgehead atoms. The largest absolute Gasteiger partial charge is 0.285 e. The summed E-state index contributed by atoms with van der Waals surface area (Å²) >= 11 is 0. The van der Waals surface area contributed by atoms with Crippen LogP contribution in [0.15, 0.2) is 24.3 Å². The lowest BCUT2D eigenvalue weighted by molar-refractivity contribution is -0.116. The summed E-state index contributed by atoms with van der Waals surface area (Å²) in [7, 11) is 0. The van der Waals surface area contributed by atoms with Gasteiger partial charge in [0.1, 0.15) is 5.82 Å². The van der Waals surface area contributed by atoms with Gasteiger partial charge >= 0.3 is 0 Å². The minimum absolute atomic E-state index is 0.101. The average Bonchev–Trinajstić information content (AvgIpc) is 2.14. The first kappa shape index (κ1) is 10.5. The first-order valence-corrected chi connectivity index (χ1v) is 4.41. The number of carbonyl (C=O) groups is 1. The maximum Gasteiger partial charge on any atom is 0.208 e. The molecule has 0 N–H and O–H groups in total. The Labute approximate surface area is 82.9 Å². The quantitative estimate of drug-likeness (QED) is 0.621. The van der Waals surface area contributed by atoms with E-state index in [1.54, 1.807) is 26.0 Å². The molecule has 72 valence electrons. The highest BCUT2D eigenvalue weighted by Crippen LogP contribution is 2.01. The lowest BCUT2D eigenvalue weighted by Gasteiger charge is -1.93. The van der Waals surface area contributed by atoms with Gasteiger partial charge in [-0.2, -0.15) is 0 Å². The Hall–Kier alpha value is -1.62. The number of hydrogen-bond donors (Lipinski definition) is 0. The summed E-state index contributed by atoms with van der Waals surface area (Å²) in [6.45, 7) is 3.56. The summed E-state index contributed by atoms with van der Waals surface area (Å²) in [4.78, 5) is 11.1. The van der Waals surface area contributed by atoms with Gasteiger partial charge in [0.2, 0.25) is 5.78 Å². The van der Waals surface area contributed by atoms with Gasteiger partial charge in [-0.25, -0.2) is 4.39 Å². The molecule has 0 amide bonds. The van der Waals surface area contributed by atoms with Crippen molar-refractivity contribution in [3.63, 3.8) is 0 Å². The second-order valence-corrected chi connectivity index (χ2v) is 3.28. The number of benzene rings is 1. The summed E-state index contributed by atoms with van der Waals surface area (Å²) in [5.74, 6) is 4.53. The van der Waals surface area contributed by atoms with Crippen LogP contribution in [0.5, 0.6) is 0 Å². The minimum Gasteiger partial charge on any atom is -0.285 e. The van der Waals surface area contributed by atoms with E-state index in [1.165, 1.54) is 12.1 Å². The van der Waals surface area contributed by atoms with Crippen molar-refractivity contribution in [2.45, 2.75) is 13.8 Å². The molecule has 0 aliphatic carbocycles. The summed E-state index contributed by atoms with van der Waals surface area (Å²) in [6, 6.07) is 5.89. The van der Waals surface area contributed by atoms with Gasteiger partial charge < -0.3 is 0 Å². The number of hydrogen-bond acceptors (Lipinski definition) is 1. The second kappa shape index (κ2) is 4.57. The molecule has 0 aliphatic heterocycles. The summed E-state index contributed by atoms with van der Waals surface area (Å²) < 4.78 is 12.7. The predicted molar refractivity (Wildman–Crippen MR) is 53.1 cm³/mol. The second-order valence-electron chi connectivity index (χ2n) is 3.28. The van der Waals surface area contributed by atoms with Crippen molar-refractivity contribution in [1.82, 2.24) is 0 Å². The van der Waals surface area contributed by atoms with E-state index in [-0.39, 0.29) is 17.5 Å². The molecule has 0 fully saturated rings. The number of Topliss-reactive ketones (excluding diaryl/α,β-unsaturated/α-hetero) is 1. The molecule has 0 saturated heterocycles. The van der Waals surface area contributed by atoms with Crippen molar-refractivity contribution in [1.29, 1.82) is 0 Å². The molecule has 0 heterocycles. The highest BCUT2D eigenvalue weighted by atomic mass is 19.1. The molecule has 0 radical (unpaired) electrons. The first-order chi connectivity index (χ1) is 6.59. The highest BCUT2D eigenvalue weighted by Gasteiger charge is 2.01. The molecule has 14 heavy (non-hydrogen) atoms. The van der Waals surface area contributed by atoms with Gasteiger partial charge in [-0.1, -0.05) is 25.8 Å². The van der Waals surface area contributed by atoms with Crippen LogP contribution in [0.25, 0.3) is 0 Å². The fourth-order valence-electron chi connectivity index (χ4n) is 0.844. The Balaban J connectivity index is 2.83. The molecule has 1 nitrogen and oxygen atoms in total. The maximum atomic E-state index is 12.7. The number of carbonyl (C=O) groups excluding carboxylic acids is 1. The van der Waals surface area contributed by atoms with Gasteiger partial charge in [0.25, 0.3) is 0 Å². The third kappa shape index (κ3) is 3.02. The fraction of sp³-hybridized carbons (Fsp3) is 0.250. The van der Waals surface area contributed by atoms with Crippen LogP contribution in [0.4, 0.5) is 4.39 Å². The summed E-state index contributed by atoms with van der Waals surface area (Å²) in [5.41, 5.74) is 0.527. The predicted octanol–water partition coefficient (Wildman–Crippen LogP) is 2.40. The van der Waals surface area contributed by atoms with E-state index in [0.717, 1.165) is 0 Å². The van der Waals surface area contributed by atoms with Crippen molar-refractivity contribution in [3.8, 4) is 11.8 Å². The first-order valence-electron chi connectivity index (χ1n) is 4.41. The molecular formula is C12H11FO. The van der Waals surface area contributed by atoms with E-state index in [0.29, 0.717) is 5.56 Å². The molecule has 0 saturated carbocycles. The van der Waals surface area contributed by atoms with Gasteiger partial charge in [0.05, 0.1) is 0 Å². The Morgan fingerprint density at radius 2 is 2.14 bits per heavy atom. The van der Waals surface area contributed by atoms with E-state index in [9.17, 15) is 9.18 Å². The van der Waals surface area contributed by atoms with Crippen molar-refractivity contribution < 1.29 is 9.18 Å². The summed E-state index contributed by atoms with van der Waals surface area (Å²) in [6.07, 6.45) is 0. The Morgan fingerprint density at radius 3 is 2.71 bits per heavy atom. The monoisotopic (exact) mass is 190 g/mol. The zero-order chi connectivity index (χ0) is 10.6. The lowest BCUT2D eigenvalue weighted by Crippen LogP contribution is -2.02. The van der Waals surface area contributed by atoms with Crippen LogP contribution in [0.1, 0.15) is 19.4 Å². The normalized spacial score (nSPS) is 9.43. The van der Waals surface area contributed by atoms with E-state index < -0.39 is 0 Å². The van der Waals surface area contributed by atoms with Crippen molar-refractivity contribution >= 4 is 5.78 Å². The molecular weight excluding hydrogens is 179 g/mol. The van der Waals surface area contributed by atoms with Gasteiger partial charge in [-0.3, -0.25) is 4.79 Å². The van der Waals surface area contributed by atoms with Crippen LogP contribution >= 0.6 is 0 Å². The van der Waals surface area contributed by atoms with Crippen LogP contribution in [0.2, 0.25) is 0 Å². The van der Waals surface area contributed by atoms with Crippen molar-refractivity contribution in [2.75, 3.05) is 0 Å². The maximum absolute atomic E-state index is 12.7. The third-order valence-corrected chi connectivity index (χ3v) is 1.68. The lowest BCUT2D eigenvalue weighted by atomic mass is 10.1. The smallest absolute Gasteiger partial charge is 0.208 e. The average molecular weight is 190 g/mol. The van der Waals surface area contributed by atoms with Crippen LogP contribution in [0, 0.1) is 23.6 Å². The van der Waals surface area contributed by atoms with Gasteiger partial charge in [-0.05, 0) is 24.1 Å². The molecule has 0 unspecified atom stereocenters. The number of halogens is 1. The Morgan fingerprint density at radius 1 is 1.43 bits per heavy atom. The molecule has 0 atom stereocenters. The zero-order valence-electron chi connectivity index (χ0n) is 8.17. The van der Waals surface area contributed by atoms with Crippen molar-refractivity contribution in [3.05, 3.63) is 35.6 Å². The van der Waals surface area contributed by atoms with Gasteiger partial charge in [0, 0.05) is 11.5 Å². The number of ketones is 1. The van der Waals surface area contributed by atoms with Crippen LogP contribution in [-0.4, -0.2) is 5.78 Å². The van der Waals surface area contributed by atoms with E-state index >= 15 is 0 Å². The SMILES string of the molecule is CC(C)C(=O)C#Cc1cccc(F)c1. The minimum atomic E-state index is -0.339. The molecule has 0 spiro atoms. The van der Waals surface area contributed by atoms with Crippen LogP contribution < -0.4 is 0 Å². The van der Waals surface area contributed by atoms with E-state index in [4.69, 9.17) is 0 Å². The topological polar surface area (TPSA) is 17.1 Å². The van der Waals surface area contributed by atoms with Crippen molar-refractivity contribution in [2.24, 2.45) is 5.92 Å². The van der Waals surface area contributed by atoms with E-state index in [1.807, 2.05) is 0 Å². The fourth-order valence-corrected chi connectivity index (χ4v) is 0.844. The molecule has 1 aromatic rings. The third-order valence-electron chi connectivity index (χ3n) is 1.68. The van der Waals surface area contributed by atoms with Crippen LogP contribution in [0.3, 0.4) is 0 Å². The zero-order valence-corrected chi connectivity index (χ0v) is 8.17. The molecule has 1 aromatic carbocycles. The van der Waals surface area contributed by atoms with Gasteiger partial charge in [0.15, 0.2) is 0 Å². The molecule has 1 rings (SSSR count). The van der Waals surface area contributed by atoms with E-state index in [2.05, 4.69) is 11.8 Å². The Bertz CT molecular complexity index is 396. The molecule has 0 aromatic heterocycles. The standard InChI is InChI=1S/C12H11FO/c1-9(2)12(14)7-6-10-4-3-5-11(13)8-10/h3-5,8-9H,1-2H3. The van der Waals surface area contributed by atoms with Crippen LogP contribution in [-0.2, 0) is 4.79 Å².